The van der Waals surface area contributed by atoms with Crippen molar-refractivity contribution in [3.63, 3.8) is 0 Å². The second kappa shape index (κ2) is 5.95. The van der Waals surface area contributed by atoms with Gasteiger partial charge in [0.15, 0.2) is 0 Å². The molecule has 2 atom stereocenters. The number of nitrogens with zero attached hydrogens (tertiary/aromatic N) is 1. The van der Waals surface area contributed by atoms with Gasteiger partial charge in [-0.2, -0.15) is 0 Å². The first-order valence-corrected chi connectivity index (χ1v) is 9.29. The number of carbonyl (C=O) groups excluding carboxylic acids is 1. The molecule has 1 heterocycles. The molecule has 0 unspecified atom stereocenters. The minimum absolute atomic E-state index is 0.0598. The molecule has 0 bridgehead atoms. The molecule has 10 heteroatoms. The molecule has 3 rings (SSSR count). The van der Waals surface area contributed by atoms with E-state index in [0.29, 0.717) is 13.0 Å². The average molecular weight is 371 g/mol. The molecular weight excluding hydrogens is 353 g/mol. The molecule has 136 valence electrons. The van der Waals surface area contributed by atoms with Crippen LogP contribution in [0.3, 0.4) is 0 Å². The molecule has 1 aromatic rings. The fraction of sp³-hybridized carbons (Fsp3) is 0.467. The first-order valence-electron chi connectivity index (χ1n) is 7.74. The summed E-state index contributed by atoms with van der Waals surface area (Å²) in [5.41, 5.74) is -0.985. The number of primary sulfonamides is 1. The SMILES string of the molecule is NS(=O)(=O)c1cc(F)cc(NC(=O)N2C[C@@H]3CCC[C@@]3(C(=O)O)C2)c1. The van der Waals surface area contributed by atoms with Crippen molar-refractivity contribution in [1.29, 1.82) is 0 Å². The maximum atomic E-state index is 13.6. The fourth-order valence-corrected chi connectivity index (χ4v) is 4.36. The van der Waals surface area contributed by atoms with Crippen molar-refractivity contribution in [2.45, 2.75) is 24.2 Å². The Bertz CT molecular complexity index is 844. The van der Waals surface area contributed by atoms with E-state index >= 15 is 0 Å². The van der Waals surface area contributed by atoms with Crippen LogP contribution in [0.25, 0.3) is 0 Å². The Balaban J connectivity index is 1.78. The summed E-state index contributed by atoms with van der Waals surface area (Å²) < 4.78 is 36.3. The Morgan fingerprint density at radius 2 is 2.08 bits per heavy atom. The minimum atomic E-state index is -4.12. The first-order chi connectivity index (χ1) is 11.6. The molecule has 8 nitrogen and oxygen atoms in total. The number of benzene rings is 1. The zero-order chi connectivity index (χ0) is 18.4. The molecule has 1 saturated carbocycles. The van der Waals surface area contributed by atoms with Crippen molar-refractivity contribution in [3.05, 3.63) is 24.0 Å². The molecule has 25 heavy (non-hydrogen) atoms. The molecular formula is C15H18FN3O5S. The molecule has 0 spiro atoms. The van der Waals surface area contributed by atoms with E-state index in [-0.39, 0.29) is 18.2 Å². The zero-order valence-corrected chi connectivity index (χ0v) is 14.1. The zero-order valence-electron chi connectivity index (χ0n) is 13.2. The summed E-state index contributed by atoms with van der Waals surface area (Å²) >= 11 is 0. The van der Waals surface area contributed by atoms with Gasteiger partial charge in [0, 0.05) is 18.8 Å². The van der Waals surface area contributed by atoms with Crippen LogP contribution >= 0.6 is 0 Å². The first kappa shape index (κ1) is 17.6. The number of aliphatic carboxylic acids is 1. The number of hydrogen-bond donors (Lipinski definition) is 3. The maximum absolute atomic E-state index is 13.6. The number of sulfonamides is 1. The van der Waals surface area contributed by atoms with Gasteiger partial charge < -0.3 is 15.3 Å². The van der Waals surface area contributed by atoms with Crippen LogP contribution in [0.4, 0.5) is 14.9 Å². The predicted molar refractivity (Wildman–Crippen MR) is 85.8 cm³/mol. The smallest absolute Gasteiger partial charge is 0.321 e. The number of hydrogen-bond acceptors (Lipinski definition) is 4. The topological polar surface area (TPSA) is 130 Å². The molecule has 2 aliphatic rings. The van der Waals surface area contributed by atoms with Gasteiger partial charge in [-0.15, -0.1) is 0 Å². The van der Waals surface area contributed by atoms with E-state index in [2.05, 4.69) is 5.32 Å². The number of likely N-dealkylation sites (tertiary alicyclic amines) is 1. The summed E-state index contributed by atoms with van der Waals surface area (Å²) in [5.74, 6) is -1.88. The van der Waals surface area contributed by atoms with Crippen LogP contribution in [-0.4, -0.2) is 43.5 Å². The van der Waals surface area contributed by atoms with Crippen LogP contribution in [0.1, 0.15) is 19.3 Å². The van der Waals surface area contributed by atoms with Crippen LogP contribution in [0, 0.1) is 17.2 Å². The van der Waals surface area contributed by atoms with Crippen molar-refractivity contribution < 1.29 is 27.5 Å². The molecule has 1 saturated heterocycles. The molecule has 4 N–H and O–H groups in total. The molecule has 0 radical (unpaired) electrons. The number of halogens is 1. The van der Waals surface area contributed by atoms with Gasteiger partial charge in [-0.1, -0.05) is 6.42 Å². The van der Waals surface area contributed by atoms with E-state index < -0.39 is 38.2 Å². The van der Waals surface area contributed by atoms with Gasteiger partial charge in [-0.3, -0.25) is 4.79 Å². The van der Waals surface area contributed by atoms with Gasteiger partial charge in [0.25, 0.3) is 0 Å². The number of amides is 2. The number of fused-ring (bicyclic) bond motifs is 1. The van der Waals surface area contributed by atoms with Gasteiger partial charge >= 0.3 is 12.0 Å². The van der Waals surface area contributed by atoms with Crippen molar-refractivity contribution >= 4 is 27.7 Å². The van der Waals surface area contributed by atoms with E-state index in [9.17, 15) is 27.5 Å². The number of rotatable bonds is 3. The highest BCUT2D eigenvalue weighted by Crippen LogP contribution is 2.48. The average Bonchev–Trinajstić information content (AvgIpc) is 3.03. The summed E-state index contributed by atoms with van der Waals surface area (Å²) in [4.78, 5) is 25.0. The third kappa shape index (κ3) is 3.19. The third-order valence-corrected chi connectivity index (χ3v) is 5.93. The van der Waals surface area contributed by atoms with Crippen molar-refractivity contribution in [1.82, 2.24) is 4.90 Å². The van der Waals surface area contributed by atoms with Crippen LogP contribution in [0.2, 0.25) is 0 Å². The number of carboxylic acid groups (broad SMARTS) is 1. The molecule has 1 aromatic carbocycles. The minimum Gasteiger partial charge on any atom is -0.481 e. The normalized spacial score (nSPS) is 25.7. The molecule has 1 aliphatic carbocycles. The molecule has 0 aromatic heterocycles. The molecule has 2 fully saturated rings. The van der Waals surface area contributed by atoms with Crippen LogP contribution in [0.15, 0.2) is 23.1 Å². The van der Waals surface area contributed by atoms with Crippen LogP contribution < -0.4 is 10.5 Å². The summed E-state index contributed by atoms with van der Waals surface area (Å²) in [7, 11) is -4.12. The van der Waals surface area contributed by atoms with Gasteiger partial charge in [0.05, 0.1) is 10.3 Å². The molecule has 1 aliphatic heterocycles. The Morgan fingerprint density at radius 3 is 2.68 bits per heavy atom. The van der Waals surface area contributed by atoms with Gasteiger partial charge in [0.2, 0.25) is 10.0 Å². The van der Waals surface area contributed by atoms with Crippen molar-refractivity contribution in [3.8, 4) is 0 Å². The predicted octanol–water partition coefficient (Wildman–Crippen LogP) is 1.19. The Kier molecular flexibility index (Phi) is 4.20. The van der Waals surface area contributed by atoms with Gasteiger partial charge in [0.1, 0.15) is 5.82 Å². The summed E-state index contributed by atoms with van der Waals surface area (Å²) in [6.45, 7) is 0.381. The number of nitrogens with one attached hydrogen (secondary N) is 1. The van der Waals surface area contributed by atoms with Crippen LogP contribution in [-0.2, 0) is 14.8 Å². The Labute approximate surface area is 143 Å². The second-order valence-corrected chi connectivity index (χ2v) is 8.14. The third-order valence-electron chi connectivity index (χ3n) is 5.03. The summed E-state index contributed by atoms with van der Waals surface area (Å²) in [5, 5.41) is 16.9. The molecule has 2 amide bonds. The standard InChI is InChI=1S/C15H18FN3O5S/c16-10-4-11(6-12(5-10)25(17,23)24)18-14(22)19-7-9-2-1-3-15(9,8-19)13(20)21/h4-6,9H,1-3,7-8H2,(H,18,22)(H,20,21)(H2,17,23,24)/t9-,15+/m0/s1. The van der Waals surface area contributed by atoms with Crippen LogP contribution in [0.5, 0.6) is 0 Å². The maximum Gasteiger partial charge on any atom is 0.321 e. The number of carbonyl (C=O) groups is 2. The lowest BCUT2D eigenvalue weighted by atomic mass is 9.81. The summed E-state index contributed by atoms with van der Waals surface area (Å²) in [6, 6.07) is 2.18. The lowest BCUT2D eigenvalue weighted by Crippen LogP contribution is -2.38. The number of carboxylic acids is 1. The Morgan fingerprint density at radius 1 is 1.36 bits per heavy atom. The van der Waals surface area contributed by atoms with Gasteiger partial charge in [-0.05, 0) is 37.0 Å². The lowest BCUT2D eigenvalue weighted by molar-refractivity contribution is -0.149. The largest absolute Gasteiger partial charge is 0.481 e. The number of urea groups is 1. The highest BCUT2D eigenvalue weighted by Gasteiger charge is 2.55. The Hall–Kier alpha value is -2.20. The fourth-order valence-electron chi connectivity index (χ4n) is 3.80. The van der Waals surface area contributed by atoms with E-state index in [1.54, 1.807) is 0 Å². The van der Waals surface area contributed by atoms with E-state index in [1.165, 1.54) is 4.90 Å². The lowest BCUT2D eigenvalue weighted by Gasteiger charge is -2.23. The summed E-state index contributed by atoms with van der Waals surface area (Å²) in [6.07, 6.45) is 2.08. The van der Waals surface area contributed by atoms with Crippen molar-refractivity contribution in [2.24, 2.45) is 16.5 Å². The van der Waals surface area contributed by atoms with Gasteiger partial charge in [-0.25, -0.2) is 22.7 Å². The number of anilines is 1. The second-order valence-electron chi connectivity index (χ2n) is 6.58. The highest BCUT2D eigenvalue weighted by atomic mass is 32.2. The van der Waals surface area contributed by atoms with E-state index in [1.807, 2.05) is 0 Å². The van der Waals surface area contributed by atoms with E-state index in [0.717, 1.165) is 31.0 Å². The monoisotopic (exact) mass is 371 g/mol. The number of nitrogens with two attached hydrogens (primary N) is 1. The highest BCUT2D eigenvalue weighted by molar-refractivity contribution is 7.89. The van der Waals surface area contributed by atoms with E-state index in [4.69, 9.17) is 5.14 Å². The van der Waals surface area contributed by atoms with Crippen molar-refractivity contribution in [2.75, 3.05) is 18.4 Å². The quantitative estimate of drug-likeness (QED) is 0.735.